The van der Waals surface area contributed by atoms with E-state index in [0.29, 0.717) is 16.8 Å². The molecule has 0 bridgehead atoms. The molecular weight excluding hydrogens is 356 g/mol. The number of aromatic nitrogens is 3. The fourth-order valence-electron chi connectivity index (χ4n) is 3.41. The number of rotatable bonds is 5. The molecule has 1 aliphatic heterocycles. The molecule has 0 atom stereocenters. The average Bonchev–Trinajstić information content (AvgIpc) is 3.15. The number of aliphatic hydroxyl groups excluding tert-OH is 1. The van der Waals surface area contributed by atoms with Gasteiger partial charge in [0.2, 0.25) is 0 Å². The minimum Gasteiger partial charge on any atom is -0.490 e. The zero-order chi connectivity index (χ0) is 19.5. The number of likely N-dealkylation sites (N-methyl/N-ethyl adjacent to an activating group) is 1. The third-order valence-corrected chi connectivity index (χ3v) is 4.95. The van der Waals surface area contributed by atoms with Crippen LogP contribution in [0.3, 0.4) is 0 Å². The van der Waals surface area contributed by atoms with Gasteiger partial charge in [0.1, 0.15) is 24.2 Å². The summed E-state index contributed by atoms with van der Waals surface area (Å²) in [6, 6.07) is 8.08. The number of aliphatic hydroxyl groups is 1. The van der Waals surface area contributed by atoms with Crippen molar-refractivity contribution in [2.45, 2.75) is 0 Å². The van der Waals surface area contributed by atoms with Gasteiger partial charge in [-0.25, -0.2) is 9.50 Å². The summed E-state index contributed by atoms with van der Waals surface area (Å²) >= 11 is 0. The Morgan fingerprint density at radius 1 is 1.21 bits per heavy atom. The molecule has 3 aromatic heterocycles. The van der Waals surface area contributed by atoms with Crippen molar-refractivity contribution in [1.82, 2.24) is 19.5 Å². The van der Waals surface area contributed by atoms with Gasteiger partial charge in [-0.1, -0.05) is 0 Å². The summed E-state index contributed by atoms with van der Waals surface area (Å²) in [4.78, 5) is 9.24. The number of hydrogen-bond donors (Lipinski definition) is 1. The number of pyridine rings is 2. The number of fused-ring (bicyclic) bond motifs is 1. The molecule has 0 radical (unpaired) electrons. The Labute approximate surface area is 163 Å². The number of nitriles is 1. The first kappa shape index (κ1) is 18.2. The zero-order valence-corrected chi connectivity index (χ0v) is 15.7. The summed E-state index contributed by atoms with van der Waals surface area (Å²) in [7, 11) is 2.13. The molecule has 0 unspecified atom stereocenters. The second kappa shape index (κ2) is 7.84. The van der Waals surface area contributed by atoms with Crippen LogP contribution in [0.5, 0.6) is 5.75 Å². The van der Waals surface area contributed by atoms with Crippen LogP contribution >= 0.6 is 0 Å². The molecule has 1 saturated heterocycles. The van der Waals surface area contributed by atoms with Gasteiger partial charge in [-0.05, 0) is 25.2 Å². The number of anilines is 1. The standard InChI is InChI=1S/C20H22N6O2/c1-24-4-6-25(7-5-24)19-3-2-15(12-22-19)18-10-17(28-9-8-27)14-26-20(18)16(11-21)13-23-26/h2-3,10,12-14,27H,4-9H2,1H3. The Kier molecular flexibility index (Phi) is 5.10. The topological polar surface area (TPSA) is 89.9 Å². The predicted molar refractivity (Wildman–Crippen MR) is 105 cm³/mol. The molecular formula is C20H22N6O2. The van der Waals surface area contributed by atoms with Gasteiger partial charge in [0.15, 0.2) is 0 Å². The summed E-state index contributed by atoms with van der Waals surface area (Å²) in [6.07, 6.45) is 5.08. The quantitative estimate of drug-likeness (QED) is 0.717. The van der Waals surface area contributed by atoms with E-state index >= 15 is 0 Å². The molecule has 28 heavy (non-hydrogen) atoms. The predicted octanol–water partition coefficient (Wildman–Crippen LogP) is 1.39. The van der Waals surface area contributed by atoms with Gasteiger partial charge >= 0.3 is 0 Å². The molecule has 1 N–H and O–H groups in total. The molecule has 144 valence electrons. The van der Waals surface area contributed by atoms with Gasteiger partial charge < -0.3 is 19.6 Å². The van der Waals surface area contributed by atoms with Crippen molar-refractivity contribution >= 4 is 11.3 Å². The molecule has 0 spiro atoms. The van der Waals surface area contributed by atoms with Crippen LogP contribution in [-0.2, 0) is 0 Å². The van der Waals surface area contributed by atoms with Gasteiger partial charge in [0, 0.05) is 43.5 Å². The maximum atomic E-state index is 9.45. The van der Waals surface area contributed by atoms with Crippen molar-refractivity contribution in [1.29, 1.82) is 5.26 Å². The minimum atomic E-state index is -0.0722. The Balaban J connectivity index is 1.71. The number of nitrogens with zero attached hydrogens (tertiary/aromatic N) is 6. The van der Waals surface area contributed by atoms with E-state index in [2.05, 4.69) is 33.0 Å². The van der Waals surface area contributed by atoms with E-state index in [1.807, 2.05) is 24.4 Å². The number of ether oxygens (including phenoxy) is 1. The first-order valence-corrected chi connectivity index (χ1v) is 9.24. The summed E-state index contributed by atoms with van der Waals surface area (Å²) in [6.45, 7) is 4.08. The van der Waals surface area contributed by atoms with Gasteiger partial charge in [-0.15, -0.1) is 0 Å². The molecule has 4 rings (SSSR count). The van der Waals surface area contributed by atoms with Gasteiger partial charge in [-0.3, -0.25) is 0 Å². The highest BCUT2D eigenvalue weighted by Crippen LogP contribution is 2.31. The Hall–Kier alpha value is -3.15. The van der Waals surface area contributed by atoms with Crippen molar-refractivity contribution in [2.75, 3.05) is 51.3 Å². The fourth-order valence-corrected chi connectivity index (χ4v) is 3.41. The van der Waals surface area contributed by atoms with E-state index in [9.17, 15) is 5.26 Å². The third kappa shape index (κ3) is 3.50. The molecule has 8 nitrogen and oxygen atoms in total. The maximum absolute atomic E-state index is 9.45. The lowest BCUT2D eigenvalue weighted by Gasteiger charge is -2.33. The average molecular weight is 378 g/mol. The first-order valence-electron chi connectivity index (χ1n) is 9.24. The largest absolute Gasteiger partial charge is 0.490 e. The smallest absolute Gasteiger partial charge is 0.138 e. The molecule has 3 aromatic rings. The van der Waals surface area contributed by atoms with Gasteiger partial charge in [0.05, 0.1) is 30.1 Å². The highest BCUT2D eigenvalue weighted by atomic mass is 16.5. The van der Waals surface area contributed by atoms with E-state index in [-0.39, 0.29) is 13.2 Å². The molecule has 0 amide bonds. The lowest BCUT2D eigenvalue weighted by atomic mass is 10.1. The fraction of sp³-hybridized carbons (Fsp3) is 0.350. The highest BCUT2D eigenvalue weighted by molar-refractivity contribution is 5.85. The number of hydrogen-bond acceptors (Lipinski definition) is 7. The summed E-state index contributed by atoms with van der Waals surface area (Å²) < 4.78 is 7.20. The third-order valence-electron chi connectivity index (χ3n) is 4.95. The van der Waals surface area contributed by atoms with Crippen molar-refractivity contribution in [3.63, 3.8) is 0 Å². The van der Waals surface area contributed by atoms with Crippen LogP contribution in [0.2, 0.25) is 0 Å². The van der Waals surface area contributed by atoms with Gasteiger partial charge in [-0.2, -0.15) is 10.4 Å². The SMILES string of the molecule is CN1CCN(c2ccc(-c3cc(OCCO)cn4ncc(C#N)c34)cn2)CC1. The van der Waals surface area contributed by atoms with Crippen molar-refractivity contribution in [2.24, 2.45) is 0 Å². The van der Waals surface area contributed by atoms with Crippen LogP contribution in [0.4, 0.5) is 5.82 Å². The van der Waals surface area contributed by atoms with E-state index in [4.69, 9.17) is 9.84 Å². The lowest BCUT2D eigenvalue weighted by Crippen LogP contribution is -2.44. The van der Waals surface area contributed by atoms with Crippen LogP contribution < -0.4 is 9.64 Å². The van der Waals surface area contributed by atoms with E-state index < -0.39 is 0 Å². The zero-order valence-electron chi connectivity index (χ0n) is 15.7. The molecule has 0 aliphatic carbocycles. The summed E-state index contributed by atoms with van der Waals surface area (Å²) in [5.74, 6) is 1.53. The minimum absolute atomic E-state index is 0.0722. The summed E-state index contributed by atoms with van der Waals surface area (Å²) in [5.41, 5.74) is 2.91. The molecule has 1 aliphatic rings. The Morgan fingerprint density at radius 2 is 2.04 bits per heavy atom. The van der Waals surface area contributed by atoms with Crippen LogP contribution in [0.1, 0.15) is 5.56 Å². The highest BCUT2D eigenvalue weighted by Gasteiger charge is 2.17. The maximum Gasteiger partial charge on any atom is 0.138 e. The van der Waals surface area contributed by atoms with Crippen molar-refractivity contribution < 1.29 is 9.84 Å². The van der Waals surface area contributed by atoms with E-state index in [1.54, 1.807) is 16.9 Å². The van der Waals surface area contributed by atoms with Crippen LogP contribution in [0.25, 0.3) is 16.6 Å². The number of piperazine rings is 1. The van der Waals surface area contributed by atoms with E-state index in [0.717, 1.165) is 43.1 Å². The monoisotopic (exact) mass is 378 g/mol. The Bertz CT molecular complexity index is 1000. The van der Waals surface area contributed by atoms with Crippen LogP contribution in [0, 0.1) is 11.3 Å². The van der Waals surface area contributed by atoms with Crippen molar-refractivity contribution in [3.8, 4) is 22.9 Å². The molecule has 0 aromatic carbocycles. The van der Waals surface area contributed by atoms with Crippen molar-refractivity contribution in [3.05, 3.63) is 42.4 Å². The van der Waals surface area contributed by atoms with E-state index in [1.165, 1.54) is 0 Å². The molecule has 0 saturated carbocycles. The lowest BCUT2D eigenvalue weighted by molar-refractivity contribution is 0.201. The van der Waals surface area contributed by atoms with Gasteiger partial charge in [0.25, 0.3) is 0 Å². The second-order valence-corrected chi connectivity index (χ2v) is 6.82. The molecule has 8 heteroatoms. The Morgan fingerprint density at radius 3 is 2.71 bits per heavy atom. The molecule has 1 fully saturated rings. The normalized spacial score (nSPS) is 15.0. The second-order valence-electron chi connectivity index (χ2n) is 6.82. The first-order chi connectivity index (χ1) is 13.7. The van der Waals surface area contributed by atoms with Crippen LogP contribution in [0.15, 0.2) is 36.8 Å². The summed E-state index contributed by atoms with van der Waals surface area (Å²) in [5, 5.41) is 22.7. The van der Waals surface area contributed by atoms with Crippen LogP contribution in [-0.4, -0.2) is 71.0 Å². The molecule has 4 heterocycles.